The molecule has 1 atom stereocenters. The summed E-state index contributed by atoms with van der Waals surface area (Å²) in [6.07, 6.45) is 1.71. The third kappa shape index (κ3) is 2.06. The SMILES string of the molecule is Cc1c(-c2nc(C(N)C(=O)O)cs2)cnn1C. The van der Waals surface area contributed by atoms with Gasteiger partial charge in [-0.3, -0.25) is 9.48 Å². The van der Waals surface area contributed by atoms with Gasteiger partial charge in [-0.25, -0.2) is 4.98 Å². The maximum atomic E-state index is 10.7. The lowest BCUT2D eigenvalue weighted by molar-refractivity contribution is -0.138. The van der Waals surface area contributed by atoms with E-state index in [0.29, 0.717) is 5.69 Å². The number of carboxylic acid groups (broad SMARTS) is 1. The topological polar surface area (TPSA) is 94.0 Å². The van der Waals surface area contributed by atoms with Gasteiger partial charge < -0.3 is 10.8 Å². The van der Waals surface area contributed by atoms with E-state index in [0.717, 1.165) is 16.3 Å². The highest BCUT2D eigenvalue weighted by Gasteiger charge is 2.19. The Balaban J connectivity index is 2.36. The van der Waals surface area contributed by atoms with Crippen molar-refractivity contribution in [3.63, 3.8) is 0 Å². The number of hydrogen-bond donors (Lipinski definition) is 2. The summed E-state index contributed by atoms with van der Waals surface area (Å²) < 4.78 is 1.74. The number of aliphatic carboxylic acids is 1. The van der Waals surface area contributed by atoms with Crippen LogP contribution < -0.4 is 5.73 Å². The van der Waals surface area contributed by atoms with Gasteiger partial charge in [0.05, 0.1) is 17.5 Å². The maximum Gasteiger partial charge on any atom is 0.326 e. The molecule has 0 radical (unpaired) electrons. The van der Waals surface area contributed by atoms with Crippen LogP contribution in [0.5, 0.6) is 0 Å². The summed E-state index contributed by atoms with van der Waals surface area (Å²) in [6.45, 7) is 1.93. The van der Waals surface area contributed by atoms with Crippen molar-refractivity contribution in [2.75, 3.05) is 0 Å². The van der Waals surface area contributed by atoms with Crippen LogP contribution >= 0.6 is 11.3 Å². The molecule has 0 aromatic carbocycles. The molecule has 2 rings (SSSR count). The van der Waals surface area contributed by atoms with Crippen molar-refractivity contribution in [2.24, 2.45) is 12.8 Å². The van der Waals surface area contributed by atoms with Crippen molar-refractivity contribution in [1.82, 2.24) is 14.8 Å². The number of nitrogens with zero attached hydrogens (tertiary/aromatic N) is 3. The van der Waals surface area contributed by atoms with Gasteiger partial charge in [-0.2, -0.15) is 5.10 Å². The van der Waals surface area contributed by atoms with Gasteiger partial charge in [0.2, 0.25) is 0 Å². The van der Waals surface area contributed by atoms with Gasteiger partial charge >= 0.3 is 5.97 Å². The highest BCUT2D eigenvalue weighted by molar-refractivity contribution is 7.13. The summed E-state index contributed by atoms with van der Waals surface area (Å²) in [5.74, 6) is -1.08. The van der Waals surface area contributed by atoms with Crippen molar-refractivity contribution in [2.45, 2.75) is 13.0 Å². The van der Waals surface area contributed by atoms with E-state index in [9.17, 15) is 4.79 Å². The van der Waals surface area contributed by atoms with Crippen molar-refractivity contribution < 1.29 is 9.90 Å². The first kappa shape index (κ1) is 11.7. The molecule has 6 nitrogen and oxygen atoms in total. The van der Waals surface area contributed by atoms with Crippen LogP contribution in [0.2, 0.25) is 0 Å². The summed E-state index contributed by atoms with van der Waals surface area (Å²) in [5.41, 5.74) is 7.76. The number of aryl methyl sites for hydroxylation is 1. The zero-order valence-corrected chi connectivity index (χ0v) is 10.2. The van der Waals surface area contributed by atoms with Crippen molar-refractivity contribution in [3.05, 3.63) is 23.0 Å². The minimum absolute atomic E-state index is 0.376. The molecule has 0 amide bonds. The number of carboxylic acids is 1. The van der Waals surface area contributed by atoms with E-state index >= 15 is 0 Å². The highest BCUT2D eigenvalue weighted by Crippen LogP contribution is 2.27. The maximum absolute atomic E-state index is 10.7. The fraction of sp³-hybridized carbons (Fsp3) is 0.300. The predicted molar refractivity (Wildman–Crippen MR) is 63.6 cm³/mol. The number of nitrogens with two attached hydrogens (primary N) is 1. The van der Waals surface area contributed by atoms with Crippen LogP contribution in [0.1, 0.15) is 17.4 Å². The second-order valence-corrected chi connectivity index (χ2v) is 4.52. The molecule has 0 saturated carbocycles. The first-order chi connectivity index (χ1) is 8.00. The van der Waals surface area contributed by atoms with Crippen LogP contribution in [0, 0.1) is 6.92 Å². The molecular formula is C10H12N4O2S. The Morgan fingerprint density at radius 2 is 2.35 bits per heavy atom. The zero-order chi connectivity index (χ0) is 12.6. The second-order valence-electron chi connectivity index (χ2n) is 3.66. The number of hydrogen-bond acceptors (Lipinski definition) is 5. The minimum atomic E-state index is -1.08. The van der Waals surface area contributed by atoms with Crippen molar-refractivity contribution in [3.8, 4) is 10.6 Å². The Hall–Kier alpha value is -1.73. The van der Waals surface area contributed by atoms with E-state index in [-0.39, 0.29) is 0 Å². The van der Waals surface area contributed by atoms with Gasteiger partial charge in [-0.1, -0.05) is 0 Å². The molecule has 90 valence electrons. The zero-order valence-electron chi connectivity index (χ0n) is 9.41. The summed E-state index contributed by atoms with van der Waals surface area (Å²) >= 11 is 1.37. The normalized spacial score (nSPS) is 12.6. The Bertz CT molecular complexity index is 560. The van der Waals surface area contributed by atoms with Crippen LogP contribution in [0.15, 0.2) is 11.6 Å². The van der Waals surface area contributed by atoms with E-state index in [4.69, 9.17) is 10.8 Å². The molecular weight excluding hydrogens is 240 g/mol. The third-order valence-corrected chi connectivity index (χ3v) is 3.47. The van der Waals surface area contributed by atoms with Gasteiger partial charge in [0.15, 0.2) is 0 Å². The predicted octanol–water partition coefficient (Wildman–Crippen LogP) is 0.936. The van der Waals surface area contributed by atoms with E-state index in [1.54, 1.807) is 16.3 Å². The molecule has 0 fully saturated rings. The average molecular weight is 252 g/mol. The Morgan fingerprint density at radius 1 is 1.65 bits per heavy atom. The standard InChI is InChI=1S/C10H12N4O2S/c1-5-6(3-12-14(5)2)9-13-7(4-17-9)8(11)10(15)16/h3-4,8H,11H2,1-2H3,(H,15,16). The highest BCUT2D eigenvalue weighted by atomic mass is 32.1. The van der Waals surface area contributed by atoms with Gasteiger partial charge in [0, 0.05) is 18.1 Å². The quantitative estimate of drug-likeness (QED) is 0.847. The molecule has 2 aromatic heterocycles. The lowest BCUT2D eigenvalue weighted by Gasteiger charge is -2.00. The summed E-state index contributed by atoms with van der Waals surface area (Å²) in [5, 5.41) is 15.3. The molecule has 0 spiro atoms. The van der Waals surface area contributed by atoms with Crippen LogP contribution in [0.25, 0.3) is 10.6 Å². The molecule has 0 aliphatic rings. The number of rotatable bonds is 3. The van der Waals surface area contributed by atoms with Crippen LogP contribution in [0.4, 0.5) is 0 Å². The smallest absolute Gasteiger partial charge is 0.326 e. The average Bonchev–Trinajstić information content (AvgIpc) is 2.87. The lowest BCUT2D eigenvalue weighted by Crippen LogP contribution is -2.20. The summed E-state index contributed by atoms with van der Waals surface area (Å²) in [4.78, 5) is 15.0. The molecule has 7 heteroatoms. The molecule has 2 aromatic rings. The summed E-state index contributed by atoms with van der Waals surface area (Å²) in [7, 11) is 1.84. The molecule has 17 heavy (non-hydrogen) atoms. The third-order valence-electron chi connectivity index (χ3n) is 2.57. The monoisotopic (exact) mass is 252 g/mol. The Morgan fingerprint density at radius 3 is 2.88 bits per heavy atom. The van der Waals surface area contributed by atoms with Crippen LogP contribution in [-0.4, -0.2) is 25.8 Å². The van der Waals surface area contributed by atoms with Gasteiger partial charge in [0.25, 0.3) is 0 Å². The Kier molecular flexibility index (Phi) is 2.95. The van der Waals surface area contributed by atoms with E-state index < -0.39 is 12.0 Å². The second kappa shape index (κ2) is 4.27. The number of aromatic nitrogens is 3. The molecule has 3 N–H and O–H groups in total. The summed E-state index contributed by atoms with van der Waals surface area (Å²) in [6, 6.07) is -1.07. The molecule has 2 heterocycles. The molecule has 0 saturated heterocycles. The first-order valence-electron chi connectivity index (χ1n) is 4.93. The number of thiazole rings is 1. The van der Waals surface area contributed by atoms with Crippen LogP contribution in [-0.2, 0) is 11.8 Å². The van der Waals surface area contributed by atoms with E-state index in [2.05, 4.69) is 10.1 Å². The van der Waals surface area contributed by atoms with E-state index in [1.807, 2.05) is 14.0 Å². The fourth-order valence-corrected chi connectivity index (χ4v) is 2.31. The largest absolute Gasteiger partial charge is 0.480 e. The van der Waals surface area contributed by atoms with Gasteiger partial charge in [-0.15, -0.1) is 11.3 Å². The molecule has 0 bridgehead atoms. The fourth-order valence-electron chi connectivity index (χ4n) is 1.39. The first-order valence-corrected chi connectivity index (χ1v) is 5.81. The van der Waals surface area contributed by atoms with Gasteiger partial charge in [-0.05, 0) is 6.92 Å². The van der Waals surface area contributed by atoms with Crippen molar-refractivity contribution in [1.29, 1.82) is 0 Å². The molecule has 0 aliphatic carbocycles. The van der Waals surface area contributed by atoms with Crippen molar-refractivity contribution >= 4 is 17.3 Å². The lowest BCUT2D eigenvalue weighted by atomic mass is 10.2. The Labute approximate surface area is 102 Å². The van der Waals surface area contributed by atoms with Crippen LogP contribution in [0.3, 0.4) is 0 Å². The molecule has 1 unspecified atom stereocenters. The van der Waals surface area contributed by atoms with E-state index in [1.165, 1.54) is 11.3 Å². The van der Waals surface area contributed by atoms with Gasteiger partial charge in [0.1, 0.15) is 11.0 Å². The minimum Gasteiger partial charge on any atom is -0.480 e. The molecule has 0 aliphatic heterocycles. The number of carbonyl (C=O) groups is 1.